The molecule has 0 saturated heterocycles. The van der Waals surface area contributed by atoms with E-state index in [4.69, 9.17) is 0 Å². The van der Waals surface area contributed by atoms with Crippen molar-refractivity contribution in [2.75, 3.05) is 0 Å². The minimum absolute atomic E-state index is 1.46. The van der Waals surface area contributed by atoms with Gasteiger partial charge >= 0.3 is 132 Å². The molecule has 0 spiro atoms. The SMILES string of the molecule is C=[CH][Pb]([c]1ccccc1)([c]1ccccc1)[c]1ccccc1. The van der Waals surface area contributed by atoms with E-state index in [9.17, 15) is 0 Å². The van der Waals surface area contributed by atoms with Crippen molar-refractivity contribution in [3.63, 3.8) is 0 Å². The fourth-order valence-corrected chi connectivity index (χ4v) is 18.0. The molecular weight excluding hydrogens is 447 g/mol. The number of benzene rings is 3. The molecule has 0 bridgehead atoms. The van der Waals surface area contributed by atoms with Gasteiger partial charge in [-0.1, -0.05) is 0 Å². The van der Waals surface area contributed by atoms with Gasteiger partial charge < -0.3 is 0 Å². The van der Waals surface area contributed by atoms with Crippen LogP contribution in [0.5, 0.6) is 0 Å². The van der Waals surface area contributed by atoms with Crippen molar-refractivity contribution in [3.8, 4) is 0 Å². The molecule has 0 radical (unpaired) electrons. The van der Waals surface area contributed by atoms with Gasteiger partial charge in [0, 0.05) is 0 Å². The molecule has 0 fully saturated rings. The summed E-state index contributed by atoms with van der Waals surface area (Å²) in [6, 6.07) is 32.7. The van der Waals surface area contributed by atoms with E-state index in [1.54, 1.807) is 0 Å². The van der Waals surface area contributed by atoms with Crippen LogP contribution in [0, 0.1) is 0 Å². The van der Waals surface area contributed by atoms with Crippen LogP contribution in [-0.4, -0.2) is 21.2 Å². The van der Waals surface area contributed by atoms with Gasteiger partial charge in [-0.05, 0) is 0 Å². The summed E-state index contributed by atoms with van der Waals surface area (Å²) in [4.78, 5) is 0. The maximum absolute atomic E-state index is 4.26. The zero-order chi connectivity index (χ0) is 14.5. The Balaban J connectivity index is 2.31. The van der Waals surface area contributed by atoms with Crippen LogP contribution >= 0.6 is 0 Å². The molecule has 3 aromatic rings. The summed E-state index contributed by atoms with van der Waals surface area (Å²) >= 11 is -3.22. The molecule has 0 saturated carbocycles. The quantitative estimate of drug-likeness (QED) is 0.520. The van der Waals surface area contributed by atoms with Crippen LogP contribution in [0.25, 0.3) is 0 Å². The molecule has 0 atom stereocenters. The maximum atomic E-state index is 4.26. The van der Waals surface area contributed by atoms with E-state index < -0.39 is 21.2 Å². The van der Waals surface area contributed by atoms with Crippen molar-refractivity contribution >= 4 is 30.5 Å². The Morgan fingerprint density at radius 2 is 0.810 bits per heavy atom. The van der Waals surface area contributed by atoms with E-state index in [1.165, 1.54) is 9.37 Å². The number of hydrogen-bond acceptors (Lipinski definition) is 0. The monoisotopic (exact) mass is 466 g/mol. The summed E-state index contributed by atoms with van der Waals surface area (Å²) in [5.41, 5.74) is 0. The molecule has 102 valence electrons. The first-order chi connectivity index (χ1) is 10.4. The molecule has 1 heteroatoms. The zero-order valence-corrected chi connectivity index (χ0v) is 15.8. The third-order valence-electron chi connectivity index (χ3n) is 3.99. The van der Waals surface area contributed by atoms with Crippen LogP contribution in [0.15, 0.2) is 101 Å². The fourth-order valence-electron chi connectivity index (χ4n) is 2.96. The number of hydrogen-bond donors (Lipinski definition) is 0. The molecule has 0 aliphatic heterocycles. The first kappa shape index (κ1) is 14.3. The second-order valence-electron chi connectivity index (χ2n) is 5.11. The van der Waals surface area contributed by atoms with E-state index in [0.29, 0.717) is 0 Å². The fraction of sp³-hybridized carbons (Fsp3) is 0. The van der Waals surface area contributed by atoms with Crippen molar-refractivity contribution in [2.45, 2.75) is 0 Å². The third kappa shape index (κ3) is 2.60. The Morgan fingerprint density at radius 3 is 1.05 bits per heavy atom. The standard InChI is InChI=1S/3C6H5.C2H3.Pb/c3*1-2-4-6-5-3-1;1-2;/h3*1-5H;1H,2H2;. The zero-order valence-electron chi connectivity index (χ0n) is 11.9. The van der Waals surface area contributed by atoms with Gasteiger partial charge in [-0.25, -0.2) is 0 Å². The first-order valence-electron chi connectivity index (χ1n) is 7.18. The van der Waals surface area contributed by atoms with Gasteiger partial charge in [0.05, 0.1) is 0 Å². The third-order valence-corrected chi connectivity index (χ3v) is 20.9. The van der Waals surface area contributed by atoms with Crippen LogP contribution in [0.4, 0.5) is 0 Å². The number of rotatable bonds is 4. The van der Waals surface area contributed by atoms with E-state index >= 15 is 0 Å². The van der Waals surface area contributed by atoms with Crippen LogP contribution in [0.1, 0.15) is 0 Å². The molecule has 0 amide bonds. The van der Waals surface area contributed by atoms with Gasteiger partial charge in [-0.15, -0.1) is 0 Å². The summed E-state index contributed by atoms with van der Waals surface area (Å²) < 4.78 is 6.64. The van der Waals surface area contributed by atoms with Gasteiger partial charge in [-0.3, -0.25) is 0 Å². The molecule has 0 aliphatic rings. The molecule has 3 rings (SSSR count). The van der Waals surface area contributed by atoms with Crippen molar-refractivity contribution in [3.05, 3.63) is 101 Å². The van der Waals surface area contributed by atoms with Crippen molar-refractivity contribution < 1.29 is 0 Å². The first-order valence-corrected chi connectivity index (χ1v) is 15.3. The Bertz CT molecular complexity index is 606. The van der Waals surface area contributed by atoms with Crippen molar-refractivity contribution in [1.29, 1.82) is 0 Å². The van der Waals surface area contributed by atoms with Crippen LogP contribution < -0.4 is 9.37 Å². The van der Waals surface area contributed by atoms with Gasteiger partial charge in [-0.2, -0.15) is 0 Å². The van der Waals surface area contributed by atoms with Crippen molar-refractivity contribution in [2.24, 2.45) is 0 Å². The van der Waals surface area contributed by atoms with Crippen LogP contribution in [-0.2, 0) is 0 Å². The van der Waals surface area contributed by atoms with Gasteiger partial charge in [0.2, 0.25) is 0 Å². The molecule has 3 aromatic carbocycles. The average molecular weight is 466 g/mol. The summed E-state index contributed by atoms with van der Waals surface area (Å²) in [5.74, 6) is 0. The summed E-state index contributed by atoms with van der Waals surface area (Å²) in [6.07, 6.45) is 0. The summed E-state index contributed by atoms with van der Waals surface area (Å²) in [7, 11) is 0. The van der Waals surface area contributed by atoms with E-state index in [1.807, 2.05) is 0 Å². The molecule has 0 heterocycles. The van der Waals surface area contributed by atoms with E-state index in [0.717, 1.165) is 0 Å². The summed E-state index contributed by atoms with van der Waals surface area (Å²) in [6.45, 7) is 4.26. The summed E-state index contributed by atoms with van der Waals surface area (Å²) in [5, 5.41) is 0. The molecule has 0 aromatic heterocycles. The minimum atomic E-state index is -3.22. The molecule has 21 heavy (non-hydrogen) atoms. The van der Waals surface area contributed by atoms with Crippen LogP contribution in [0.2, 0.25) is 0 Å². The van der Waals surface area contributed by atoms with E-state index in [2.05, 4.69) is 101 Å². The van der Waals surface area contributed by atoms with Gasteiger partial charge in [0.15, 0.2) is 0 Å². The second-order valence-corrected chi connectivity index (χ2v) is 19.7. The van der Waals surface area contributed by atoms with Crippen LogP contribution in [0.3, 0.4) is 0 Å². The Morgan fingerprint density at radius 1 is 0.524 bits per heavy atom. The Labute approximate surface area is 131 Å². The normalized spacial score (nSPS) is 11.0. The molecule has 0 nitrogen and oxygen atoms in total. The predicted molar refractivity (Wildman–Crippen MR) is 94.2 cm³/mol. The predicted octanol–water partition coefficient (Wildman–Crippen LogP) is 2.88. The topological polar surface area (TPSA) is 0 Å². The molecule has 0 aliphatic carbocycles. The van der Waals surface area contributed by atoms with E-state index in [-0.39, 0.29) is 0 Å². The Kier molecular flexibility index (Phi) is 4.34. The van der Waals surface area contributed by atoms with Gasteiger partial charge in [0.1, 0.15) is 0 Å². The molecular formula is C20H18Pb. The van der Waals surface area contributed by atoms with Gasteiger partial charge in [0.25, 0.3) is 0 Å². The Hall–Kier alpha value is -1.68. The molecule has 0 N–H and O–H groups in total. The average Bonchev–Trinajstić information content (AvgIpc) is 2.59. The second kappa shape index (κ2) is 6.39. The van der Waals surface area contributed by atoms with Crippen molar-refractivity contribution in [1.82, 2.24) is 0 Å². The molecule has 0 unspecified atom stereocenters.